The molecule has 1 N–H and O–H groups in total. The summed E-state index contributed by atoms with van der Waals surface area (Å²) in [6.45, 7) is 2.78. The molecule has 0 saturated carbocycles. The number of nitrogens with one attached hydrogen (secondary N) is 1. The van der Waals surface area contributed by atoms with E-state index in [0.717, 1.165) is 36.5 Å². The van der Waals surface area contributed by atoms with Gasteiger partial charge in [0.2, 0.25) is 0 Å². The number of ketones is 1. The number of ether oxygens (including phenoxy) is 3. The fourth-order valence-corrected chi connectivity index (χ4v) is 4.17. The number of fused-ring (bicyclic) bond motifs is 1. The zero-order chi connectivity index (χ0) is 19.7. The van der Waals surface area contributed by atoms with Gasteiger partial charge in [0.25, 0.3) is 0 Å². The van der Waals surface area contributed by atoms with Crippen molar-refractivity contribution in [1.29, 1.82) is 0 Å². The Hall–Kier alpha value is -2.60. The molecule has 28 heavy (non-hydrogen) atoms. The summed E-state index contributed by atoms with van der Waals surface area (Å²) in [4.78, 5) is 28.5. The summed E-state index contributed by atoms with van der Waals surface area (Å²) >= 11 is 0. The Bertz CT molecular complexity index is 877. The number of Topliss-reactive ketones (excluding diaryl/α,β-unsaturated/α-hetero) is 1. The first-order valence-corrected chi connectivity index (χ1v) is 9.74. The highest BCUT2D eigenvalue weighted by atomic mass is 16.6. The first-order chi connectivity index (χ1) is 13.6. The highest BCUT2D eigenvalue weighted by Crippen LogP contribution is 2.35. The van der Waals surface area contributed by atoms with Gasteiger partial charge < -0.3 is 19.2 Å². The van der Waals surface area contributed by atoms with E-state index in [1.54, 1.807) is 7.11 Å². The fraction of sp³-hybridized carbons (Fsp3) is 0.455. The van der Waals surface area contributed by atoms with Crippen molar-refractivity contribution < 1.29 is 23.8 Å². The van der Waals surface area contributed by atoms with Crippen LogP contribution in [0.25, 0.3) is 0 Å². The topological polar surface area (TPSA) is 77.6 Å². The van der Waals surface area contributed by atoms with E-state index in [1.165, 1.54) is 0 Å². The second-order valence-corrected chi connectivity index (χ2v) is 7.51. The number of H-pyrrole nitrogens is 1. The molecule has 2 aliphatic rings. The van der Waals surface area contributed by atoms with E-state index in [9.17, 15) is 9.59 Å². The molecular formula is C22H25NO5. The molecule has 2 atom stereocenters. The van der Waals surface area contributed by atoms with E-state index in [4.69, 9.17) is 14.2 Å². The maximum absolute atomic E-state index is 12.8. The number of hydrogen-bond acceptors (Lipinski definition) is 5. The summed E-state index contributed by atoms with van der Waals surface area (Å²) in [6.07, 6.45) is 3.01. The van der Waals surface area contributed by atoms with Crippen molar-refractivity contribution in [2.75, 3.05) is 20.3 Å². The van der Waals surface area contributed by atoms with Crippen molar-refractivity contribution in [3.63, 3.8) is 0 Å². The van der Waals surface area contributed by atoms with Crippen molar-refractivity contribution in [1.82, 2.24) is 4.98 Å². The lowest BCUT2D eigenvalue weighted by Crippen LogP contribution is -2.18. The van der Waals surface area contributed by atoms with Crippen LogP contribution >= 0.6 is 0 Å². The minimum Gasteiger partial charge on any atom is -0.497 e. The van der Waals surface area contributed by atoms with Gasteiger partial charge in [0, 0.05) is 24.3 Å². The lowest BCUT2D eigenvalue weighted by molar-refractivity contribution is 0.0156. The molecule has 4 rings (SSSR count). The molecule has 1 fully saturated rings. The molecule has 0 radical (unpaired) electrons. The summed E-state index contributed by atoms with van der Waals surface area (Å²) in [7, 11) is 1.63. The molecule has 2 aromatic rings. The molecule has 1 saturated heterocycles. The van der Waals surface area contributed by atoms with Gasteiger partial charge in [-0.05, 0) is 55.4 Å². The average molecular weight is 383 g/mol. The van der Waals surface area contributed by atoms with Gasteiger partial charge in [-0.3, -0.25) is 4.79 Å². The minimum absolute atomic E-state index is 0.0186. The number of carbonyl (C=O) groups excluding carboxylic acids is 2. The van der Waals surface area contributed by atoms with Crippen LogP contribution in [0.2, 0.25) is 0 Å². The summed E-state index contributed by atoms with van der Waals surface area (Å²) in [5.74, 6) is 0.517. The molecule has 0 amide bonds. The second kappa shape index (κ2) is 7.80. The SMILES string of the molecule is COc1ccc([C@H]2CC(=O)c3c([nH]c(C(=O)OC[C@@H]4CCCO4)c3C)C2)cc1. The van der Waals surface area contributed by atoms with E-state index in [0.29, 0.717) is 29.7 Å². The van der Waals surface area contributed by atoms with Gasteiger partial charge in [0.05, 0.1) is 13.2 Å². The van der Waals surface area contributed by atoms with Crippen molar-refractivity contribution >= 4 is 11.8 Å². The lowest BCUT2D eigenvalue weighted by Gasteiger charge is -2.22. The molecule has 0 spiro atoms. The lowest BCUT2D eigenvalue weighted by atomic mass is 9.81. The van der Waals surface area contributed by atoms with Crippen LogP contribution < -0.4 is 4.74 Å². The normalized spacial score (nSPS) is 21.4. The van der Waals surface area contributed by atoms with Gasteiger partial charge in [-0.15, -0.1) is 0 Å². The van der Waals surface area contributed by atoms with Crippen LogP contribution in [-0.2, 0) is 15.9 Å². The Kier molecular flexibility index (Phi) is 5.22. The zero-order valence-corrected chi connectivity index (χ0v) is 16.2. The van der Waals surface area contributed by atoms with Crippen LogP contribution in [0.3, 0.4) is 0 Å². The standard InChI is InChI=1S/C22H25NO5/c1-13-20-18(23-21(13)22(25)28-12-17-4-3-9-27-17)10-15(11-19(20)24)14-5-7-16(26-2)8-6-14/h5-8,15,17,23H,3-4,9-12H2,1-2H3/t15-,17+/m1/s1. The van der Waals surface area contributed by atoms with Crippen LogP contribution in [0.4, 0.5) is 0 Å². The Labute approximate surface area is 164 Å². The molecule has 1 aromatic carbocycles. The number of benzene rings is 1. The van der Waals surface area contributed by atoms with Crippen molar-refractivity contribution in [2.45, 2.75) is 44.6 Å². The van der Waals surface area contributed by atoms with Crippen LogP contribution in [0.1, 0.15) is 62.8 Å². The maximum atomic E-state index is 12.8. The van der Waals surface area contributed by atoms with Gasteiger partial charge in [-0.25, -0.2) is 4.79 Å². The third-order valence-corrected chi connectivity index (χ3v) is 5.70. The summed E-state index contributed by atoms with van der Waals surface area (Å²) in [5.41, 5.74) is 3.62. The van der Waals surface area contributed by atoms with E-state index in [-0.39, 0.29) is 24.4 Å². The largest absolute Gasteiger partial charge is 0.497 e. The molecule has 6 nitrogen and oxygen atoms in total. The predicted molar refractivity (Wildman–Crippen MR) is 103 cm³/mol. The Morgan fingerprint density at radius 1 is 1.25 bits per heavy atom. The highest BCUT2D eigenvalue weighted by molar-refractivity contribution is 6.03. The van der Waals surface area contributed by atoms with E-state index >= 15 is 0 Å². The molecule has 0 unspecified atom stereocenters. The van der Waals surface area contributed by atoms with Crippen molar-refractivity contribution in [2.24, 2.45) is 0 Å². The third kappa shape index (κ3) is 3.56. The molecular weight excluding hydrogens is 358 g/mol. The Morgan fingerprint density at radius 3 is 2.71 bits per heavy atom. The number of hydrogen-bond donors (Lipinski definition) is 1. The van der Waals surface area contributed by atoms with Crippen molar-refractivity contribution in [3.8, 4) is 5.75 Å². The molecule has 1 aliphatic carbocycles. The van der Waals surface area contributed by atoms with Gasteiger partial charge >= 0.3 is 5.97 Å². The maximum Gasteiger partial charge on any atom is 0.355 e. The van der Waals surface area contributed by atoms with E-state index in [1.807, 2.05) is 31.2 Å². The number of carbonyl (C=O) groups is 2. The van der Waals surface area contributed by atoms with Crippen LogP contribution in [0.15, 0.2) is 24.3 Å². The number of aromatic nitrogens is 1. The number of rotatable bonds is 5. The molecule has 148 valence electrons. The summed E-state index contributed by atoms with van der Waals surface area (Å²) in [6, 6.07) is 7.80. The first kappa shape index (κ1) is 18.7. The Morgan fingerprint density at radius 2 is 2.04 bits per heavy atom. The van der Waals surface area contributed by atoms with Crippen molar-refractivity contribution in [3.05, 3.63) is 52.3 Å². The average Bonchev–Trinajstić information content (AvgIpc) is 3.34. The first-order valence-electron chi connectivity index (χ1n) is 9.74. The fourth-order valence-electron chi connectivity index (χ4n) is 4.17. The van der Waals surface area contributed by atoms with E-state index < -0.39 is 5.97 Å². The third-order valence-electron chi connectivity index (χ3n) is 5.70. The molecule has 1 aromatic heterocycles. The number of aromatic amines is 1. The summed E-state index contributed by atoms with van der Waals surface area (Å²) < 4.78 is 16.1. The Balaban J connectivity index is 1.51. The van der Waals surface area contributed by atoms with Crippen LogP contribution in [0, 0.1) is 6.92 Å². The molecule has 0 bridgehead atoms. The monoisotopic (exact) mass is 383 g/mol. The van der Waals surface area contributed by atoms with Gasteiger partial charge in [0.15, 0.2) is 5.78 Å². The number of esters is 1. The number of methoxy groups -OCH3 is 1. The van der Waals surface area contributed by atoms with Gasteiger partial charge in [-0.2, -0.15) is 0 Å². The van der Waals surface area contributed by atoms with Gasteiger partial charge in [0.1, 0.15) is 18.1 Å². The second-order valence-electron chi connectivity index (χ2n) is 7.51. The summed E-state index contributed by atoms with van der Waals surface area (Å²) in [5, 5.41) is 0. The van der Waals surface area contributed by atoms with Crippen LogP contribution in [0.5, 0.6) is 5.75 Å². The highest BCUT2D eigenvalue weighted by Gasteiger charge is 2.32. The predicted octanol–water partition coefficient (Wildman–Crippen LogP) is 3.58. The molecule has 2 heterocycles. The quantitative estimate of drug-likeness (QED) is 0.799. The van der Waals surface area contributed by atoms with Crippen LogP contribution in [-0.4, -0.2) is 43.2 Å². The van der Waals surface area contributed by atoms with E-state index in [2.05, 4.69) is 4.98 Å². The molecule has 6 heteroatoms. The van der Waals surface area contributed by atoms with Gasteiger partial charge in [-0.1, -0.05) is 12.1 Å². The molecule has 1 aliphatic heterocycles. The minimum atomic E-state index is -0.420. The smallest absolute Gasteiger partial charge is 0.355 e. The zero-order valence-electron chi connectivity index (χ0n) is 16.2.